The van der Waals surface area contributed by atoms with E-state index in [-0.39, 0.29) is 5.91 Å². The smallest absolute Gasteiger partial charge is 0.256 e. The molecule has 3 nitrogen and oxygen atoms in total. The average molecular weight is 297 g/mol. The third-order valence-electron chi connectivity index (χ3n) is 3.13. The Hall–Kier alpha value is -0.900. The number of halogens is 1. The molecule has 2 rings (SSSR count). The number of aromatic nitrogens is 1. The number of amides is 1. The van der Waals surface area contributed by atoms with E-state index in [0.29, 0.717) is 10.2 Å². The van der Waals surface area contributed by atoms with Crippen LogP contribution in [-0.4, -0.2) is 28.9 Å². The Morgan fingerprint density at radius 2 is 1.82 bits per heavy atom. The summed E-state index contributed by atoms with van der Waals surface area (Å²) in [5, 5.41) is 0. The summed E-state index contributed by atoms with van der Waals surface area (Å²) in [5.41, 5.74) is 0.674. The lowest BCUT2D eigenvalue weighted by Crippen LogP contribution is -2.34. The highest BCUT2D eigenvalue weighted by atomic mass is 79.9. The van der Waals surface area contributed by atoms with E-state index >= 15 is 0 Å². The van der Waals surface area contributed by atoms with E-state index in [1.165, 1.54) is 19.3 Å². The molecule has 17 heavy (non-hydrogen) atoms. The molecule has 1 aromatic rings. The highest BCUT2D eigenvalue weighted by Gasteiger charge is 2.18. The van der Waals surface area contributed by atoms with Crippen LogP contribution in [0.25, 0.3) is 0 Å². The fraction of sp³-hybridized carbons (Fsp3) is 0.538. The number of nitrogens with zero attached hydrogens (tertiary/aromatic N) is 2. The van der Waals surface area contributed by atoms with Crippen LogP contribution in [-0.2, 0) is 0 Å². The van der Waals surface area contributed by atoms with Crippen LogP contribution in [0.5, 0.6) is 0 Å². The third kappa shape index (κ3) is 3.28. The number of hydrogen-bond donors (Lipinski definition) is 0. The van der Waals surface area contributed by atoms with Gasteiger partial charge in [-0.1, -0.05) is 19.3 Å². The standard InChI is InChI=1S/C13H17BrN2O/c14-12-11(7-6-8-15-12)13(17)16-9-4-2-1-3-5-10-16/h6-8H,1-5,9-10H2. The van der Waals surface area contributed by atoms with Crippen LogP contribution in [0.1, 0.15) is 42.5 Å². The Labute approximate surface area is 110 Å². The number of pyridine rings is 1. The van der Waals surface area contributed by atoms with Crippen molar-refractivity contribution < 1.29 is 4.79 Å². The first-order valence-electron chi connectivity index (χ1n) is 6.19. The number of likely N-dealkylation sites (tertiary alicyclic amines) is 1. The van der Waals surface area contributed by atoms with Gasteiger partial charge in [-0.25, -0.2) is 4.98 Å². The predicted octanol–water partition coefficient (Wildman–Crippen LogP) is 3.25. The van der Waals surface area contributed by atoms with E-state index in [9.17, 15) is 4.79 Å². The van der Waals surface area contributed by atoms with Gasteiger partial charge < -0.3 is 4.90 Å². The van der Waals surface area contributed by atoms with Gasteiger partial charge in [0.2, 0.25) is 0 Å². The maximum Gasteiger partial charge on any atom is 0.256 e. The number of carbonyl (C=O) groups excluding carboxylic acids is 1. The van der Waals surface area contributed by atoms with Gasteiger partial charge >= 0.3 is 0 Å². The first kappa shape index (κ1) is 12.6. The summed E-state index contributed by atoms with van der Waals surface area (Å²) in [6.07, 6.45) is 7.69. The summed E-state index contributed by atoms with van der Waals surface area (Å²) in [6.45, 7) is 1.75. The highest BCUT2D eigenvalue weighted by molar-refractivity contribution is 9.10. The summed E-state index contributed by atoms with van der Waals surface area (Å²) >= 11 is 3.34. The van der Waals surface area contributed by atoms with Crippen LogP contribution >= 0.6 is 15.9 Å². The zero-order valence-electron chi connectivity index (χ0n) is 9.86. The van der Waals surface area contributed by atoms with Crippen LogP contribution in [0.15, 0.2) is 22.9 Å². The van der Waals surface area contributed by atoms with Crippen molar-refractivity contribution in [2.75, 3.05) is 13.1 Å². The van der Waals surface area contributed by atoms with Crippen molar-refractivity contribution in [1.29, 1.82) is 0 Å². The van der Waals surface area contributed by atoms with Crippen molar-refractivity contribution in [3.05, 3.63) is 28.5 Å². The Bertz CT molecular complexity index is 387. The van der Waals surface area contributed by atoms with Crippen LogP contribution < -0.4 is 0 Å². The summed E-state index contributed by atoms with van der Waals surface area (Å²) in [6, 6.07) is 3.64. The Balaban J connectivity index is 2.10. The molecule has 0 spiro atoms. The monoisotopic (exact) mass is 296 g/mol. The van der Waals surface area contributed by atoms with Gasteiger partial charge in [0, 0.05) is 19.3 Å². The molecule has 0 radical (unpaired) electrons. The van der Waals surface area contributed by atoms with E-state index < -0.39 is 0 Å². The van der Waals surface area contributed by atoms with Gasteiger partial charge in [0.15, 0.2) is 0 Å². The fourth-order valence-corrected chi connectivity index (χ4v) is 2.59. The molecule has 1 aliphatic rings. The van der Waals surface area contributed by atoms with E-state index in [2.05, 4.69) is 20.9 Å². The molecule has 1 saturated heterocycles. The van der Waals surface area contributed by atoms with Gasteiger partial charge in [-0.15, -0.1) is 0 Å². The third-order valence-corrected chi connectivity index (χ3v) is 3.76. The van der Waals surface area contributed by atoms with Crippen LogP contribution in [0.4, 0.5) is 0 Å². The van der Waals surface area contributed by atoms with E-state index in [1.54, 1.807) is 6.20 Å². The molecule has 0 saturated carbocycles. The summed E-state index contributed by atoms with van der Waals surface area (Å²) in [7, 11) is 0. The normalized spacial score (nSPS) is 17.4. The second-order valence-electron chi connectivity index (χ2n) is 4.40. The first-order chi connectivity index (χ1) is 8.29. The van der Waals surface area contributed by atoms with Gasteiger partial charge in [-0.3, -0.25) is 4.79 Å². The van der Waals surface area contributed by atoms with E-state index in [0.717, 1.165) is 25.9 Å². The molecular weight excluding hydrogens is 280 g/mol. The lowest BCUT2D eigenvalue weighted by atomic mass is 10.1. The molecule has 0 aliphatic carbocycles. The SMILES string of the molecule is O=C(c1cccnc1Br)N1CCCCCCC1. The molecule has 0 unspecified atom stereocenters. The van der Waals surface area contributed by atoms with Gasteiger partial charge in [0.05, 0.1) is 5.56 Å². The van der Waals surface area contributed by atoms with Gasteiger partial charge in [-0.2, -0.15) is 0 Å². The van der Waals surface area contributed by atoms with Gasteiger partial charge in [-0.05, 0) is 40.9 Å². The lowest BCUT2D eigenvalue weighted by molar-refractivity contribution is 0.0741. The lowest BCUT2D eigenvalue weighted by Gasteiger charge is -2.25. The molecule has 2 heterocycles. The molecule has 1 aliphatic heterocycles. The second kappa shape index (κ2) is 6.15. The number of rotatable bonds is 1. The largest absolute Gasteiger partial charge is 0.339 e. The quantitative estimate of drug-likeness (QED) is 0.745. The van der Waals surface area contributed by atoms with Crippen molar-refractivity contribution in [1.82, 2.24) is 9.88 Å². The number of hydrogen-bond acceptors (Lipinski definition) is 2. The van der Waals surface area contributed by atoms with Crippen molar-refractivity contribution in [2.24, 2.45) is 0 Å². The molecule has 0 N–H and O–H groups in total. The average Bonchev–Trinajstić information content (AvgIpc) is 2.28. The Morgan fingerprint density at radius 3 is 2.47 bits per heavy atom. The Kier molecular flexibility index (Phi) is 4.54. The van der Waals surface area contributed by atoms with Gasteiger partial charge in [0.25, 0.3) is 5.91 Å². The van der Waals surface area contributed by atoms with Crippen LogP contribution in [0.3, 0.4) is 0 Å². The van der Waals surface area contributed by atoms with Crippen molar-refractivity contribution in [3.8, 4) is 0 Å². The summed E-state index contributed by atoms with van der Waals surface area (Å²) in [5.74, 6) is 0.104. The molecule has 0 aromatic carbocycles. The second-order valence-corrected chi connectivity index (χ2v) is 5.15. The fourth-order valence-electron chi connectivity index (χ4n) is 2.17. The molecule has 92 valence electrons. The highest BCUT2D eigenvalue weighted by Crippen LogP contribution is 2.18. The Morgan fingerprint density at radius 1 is 1.18 bits per heavy atom. The molecular formula is C13H17BrN2O. The maximum absolute atomic E-state index is 12.3. The molecule has 0 atom stereocenters. The van der Waals surface area contributed by atoms with Crippen LogP contribution in [0, 0.1) is 0 Å². The van der Waals surface area contributed by atoms with Crippen molar-refractivity contribution >= 4 is 21.8 Å². The first-order valence-corrected chi connectivity index (χ1v) is 6.98. The van der Waals surface area contributed by atoms with E-state index in [1.807, 2.05) is 17.0 Å². The van der Waals surface area contributed by atoms with Crippen LogP contribution in [0.2, 0.25) is 0 Å². The molecule has 1 aromatic heterocycles. The summed E-state index contributed by atoms with van der Waals surface area (Å²) < 4.78 is 0.645. The minimum atomic E-state index is 0.104. The van der Waals surface area contributed by atoms with Gasteiger partial charge in [0.1, 0.15) is 4.60 Å². The number of carbonyl (C=O) groups is 1. The molecule has 0 bridgehead atoms. The van der Waals surface area contributed by atoms with Crippen molar-refractivity contribution in [3.63, 3.8) is 0 Å². The van der Waals surface area contributed by atoms with Crippen molar-refractivity contribution in [2.45, 2.75) is 32.1 Å². The molecule has 1 amide bonds. The molecule has 1 fully saturated rings. The minimum absolute atomic E-state index is 0.104. The zero-order chi connectivity index (χ0) is 12.1. The summed E-state index contributed by atoms with van der Waals surface area (Å²) in [4.78, 5) is 18.4. The predicted molar refractivity (Wildman–Crippen MR) is 70.9 cm³/mol. The van der Waals surface area contributed by atoms with E-state index in [4.69, 9.17) is 0 Å². The minimum Gasteiger partial charge on any atom is -0.339 e. The molecule has 4 heteroatoms. The maximum atomic E-state index is 12.3. The topological polar surface area (TPSA) is 33.2 Å². The zero-order valence-corrected chi connectivity index (χ0v) is 11.4.